The molecule has 2 heteroatoms. The molecule has 0 radical (unpaired) electrons. The average Bonchev–Trinajstić information content (AvgIpc) is 2.59. The third-order valence-electron chi connectivity index (χ3n) is 4.61. The fourth-order valence-corrected chi connectivity index (χ4v) is 3.90. The number of benzene rings is 1. The normalized spacial score (nSPS) is 32.6. The van der Waals surface area contributed by atoms with Crippen molar-refractivity contribution < 1.29 is 0 Å². The zero-order valence-corrected chi connectivity index (χ0v) is 12.2. The summed E-state index contributed by atoms with van der Waals surface area (Å²) in [5, 5.41) is 3.65. The van der Waals surface area contributed by atoms with Crippen molar-refractivity contribution in [1.29, 1.82) is 0 Å². The summed E-state index contributed by atoms with van der Waals surface area (Å²) in [6.45, 7) is 6.99. The van der Waals surface area contributed by atoms with E-state index in [1.165, 1.54) is 38.8 Å². The van der Waals surface area contributed by atoms with E-state index in [2.05, 4.69) is 48.3 Å². The lowest BCUT2D eigenvalue weighted by molar-refractivity contribution is 0.116. The fourth-order valence-electron chi connectivity index (χ4n) is 3.90. The molecule has 1 aromatic rings. The van der Waals surface area contributed by atoms with E-state index in [1.807, 2.05) is 0 Å². The number of hydrogen-bond donors (Lipinski definition) is 1. The van der Waals surface area contributed by atoms with Crippen molar-refractivity contribution in [1.82, 2.24) is 10.2 Å². The summed E-state index contributed by atoms with van der Waals surface area (Å²) in [4.78, 5) is 2.72. The van der Waals surface area contributed by atoms with Crippen LogP contribution in [0, 0.1) is 0 Å². The van der Waals surface area contributed by atoms with Crippen molar-refractivity contribution in [3.63, 3.8) is 0 Å². The predicted octanol–water partition coefficient (Wildman–Crippen LogP) is 3.14. The number of piperazine rings is 1. The Morgan fingerprint density at radius 1 is 1.05 bits per heavy atom. The highest BCUT2D eigenvalue weighted by atomic mass is 15.2. The topological polar surface area (TPSA) is 15.3 Å². The monoisotopic (exact) mass is 258 g/mol. The molecule has 2 nitrogen and oxygen atoms in total. The first-order valence-corrected chi connectivity index (χ1v) is 7.82. The molecule has 3 rings (SSSR count). The van der Waals surface area contributed by atoms with Crippen molar-refractivity contribution in [2.45, 2.75) is 57.7 Å². The first kappa shape index (κ1) is 13.1. The highest BCUT2D eigenvalue weighted by Gasteiger charge is 2.29. The van der Waals surface area contributed by atoms with Crippen molar-refractivity contribution in [2.75, 3.05) is 13.1 Å². The highest BCUT2D eigenvalue weighted by molar-refractivity contribution is 5.31. The maximum Gasteiger partial charge on any atom is 0.0352 e. The highest BCUT2D eigenvalue weighted by Crippen LogP contribution is 2.34. The second kappa shape index (κ2) is 5.64. The summed E-state index contributed by atoms with van der Waals surface area (Å²) >= 11 is 0. The SMILES string of the molecule is CC1CN(C2CCCCc3ccccc32)CC(C)N1. The van der Waals surface area contributed by atoms with Gasteiger partial charge in [0.15, 0.2) is 0 Å². The van der Waals surface area contributed by atoms with Crippen molar-refractivity contribution in [3.8, 4) is 0 Å². The van der Waals surface area contributed by atoms with Gasteiger partial charge in [0.25, 0.3) is 0 Å². The molecule has 0 spiro atoms. The van der Waals surface area contributed by atoms with Gasteiger partial charge in [0.1, 0.15) is 0 Å². The molecule has 1 heterocycles. The zero-order valence-electron chi connectivity index (χ0n) is 12.2. The maximum atomic E-state index is 3.65. The van der Waals surface area contributed by atoms with E-state index in [9.17, 15) is 0 Å². The number of hydrogen-bond acceptors (Lipinski definition) is 2. The number of fused-ring (bicyclic) bond motifs is 1. The molecule has 1 N–H and O–H groups in total. The van der Waals surface area contributed by atoms with Crippen LogP contribution in [0.3, 0.4) is 0 Å². The summed E-state index contributed by atoms with van der Waals surface area (Å²) in [6.07, 6.45) is 5.32. The molecule has 19 heavy (non-hydrogen) atoms. The molecule has 104 valence electrons. The summed E-state index contributed by atoms with van der Waals surface area (Å²) in [5.74, 6) is 0. The summed E-state index contributed by atoms with van der Waals surface area (Å²) in [6, 6.07) is 11.0. The third-order valence-corrected chi connectivity index (χ3v) is 4.61. The summed E-state index contributed by atoms with van der Waals surface area (Å²) in [5.41, 5.74) is 3.19. The summed E-state index contributed by atoms with van der Waals surface area (Å²) in [7, 11) is 0. The maximum absolute atomic E-state index is 3.65. The van der Waals surface area contributed by atoms with Crippen LogP contribution in [-0.2, 0) is 6.42 Å². The van der Waals surface area contributed by atoms with Gasteiger partial charge < -0.3 is 5.32 Å². The van der Waals surface area contributed by atoms with Gasteiger partial charge in [-0.05, 0) is 44.2 Å². The second-order valence-electron chi connectivity index (χ2n) is 6.38. The zero-order chi connectivity index (χ0) is 13.2. The van der Waals surface area contributed by atoms with Gasteiger partial charge in [0, 0.05) is 31.2 Å². The molecule has 0 aromatic heterocycles. The van der Waals surface area contributed by atoms with E-state index in [4.69, 9.17) is 0 Å². The molecule has 0 bridgehead atoms. The molecule has 3 atom stereocenters. The van der Waals surface area contributed by atoms with Crippen LogP contribution in [0.25, 0.3) is 0 Å². The van der Waals surface area contributed by atoms with Gasteiger partial charge in [-0.3, -0.25) is 4.90 Å². The largest absolute Gasteiger partial charge is 0.309 e. The molecule has 1 fully saturated rings. The molecule has 1 aliphatic carbocycles. The van der Waals surface area contributed by atoms with Crippen LogP contribution < -0.4 is 5.32 Å². The Bertz CT molecular complexity index is 419. The number of aryl methyl sites for hydroxylation is 1. The molecule has 3 unspecified atom stereocenters. The van der Waals surface area contributed by atoms with Crippen LogP contribution in [0.5, 0.6) is 0 Å². The fraction of sp³-hybridized carbons (Fsp3) is 0.647. The van der Waals surface area contributed by atoms with Gasteiger partial charge in [-0.1, -0.05) is 30.7 Å². The number of nitrogens with zero attached hydrogens (tertiary/aromatic N) is 1. The Labute approximate surface area is 117 Å². The van der Waals surface area contributed by atoms with E-state index < -0.39 is 0 Å². The lowest BCUT2D eigenvalue weighted by Gasteiger charge is -2.41. The molecule has 1 saturated heterocycles. The number of rotatable bonds is 1. The minimum absolute atomic E-state index is 0.610. The van der Waals surface area contributed by atoms with E-state index in [0.29, 0.717) is 18.1 Å². The van der Waals surface area contributed by atoms with Crippen LogP contribution in [0.1, 0.15) is 50.3 Å². The first-order chi connectivity index (χ1) is 9.24. The molecular weight excluding hydrogens is 232 g/mol. The van der Waals surface area contributed by atoms with Gasteiger partial charge in [-0.15, -0.1) is 0 Å². The molecule has 2 aliphatic rings. The van der Waals surface area contributed by atoms with Crippen LogP contribution in [0.15, 0.2) is 24.3 Å². The van der Waals surface area contributed by atoms with Gasteiger partial charge in [-0.2, -0.15) is 0 Å². The lowest BCUT2D eigenvalue weighted by Crippen LogP contribution is -2.55. The molecule has 0 amide bonds. The van der Waals surface area contributed by atoms with Gasteiger partial charge in [0.2, 0.25) is 0 Å². The summed E-state index contributed by atoms with van der Waals surface area (Å²) < 4.78 is 0. The van der Waals surface area contributed by atoms with E-state index in [-0.39, 0.29) is 0 Å². The quantitative estimate of drug-likeness (QED) is 0.779. The Kier molecular flexibility index (Phi) is 3.90. The Balaban J connectivity index is 1.87. The van der Waals surface area contributed by atoms with Gasteiger partial charge >= 0.3 is 0 Å². The Morgan fingerprint density at radius 2 is 1.79 bits per heavy atom. The predicted molar refractivity (Wildman–Crippen MR) is 80.4 cm³/mol. The molecule has 0 saturated carbocycles. The second-order valence-corrected chi connectivity index (χ2v) is 6.38. The number of nitrogens with one attached hydrogen (secondary N) is 1. The standard InChI is InChI=1S/C17H26N2/c1-13-11-19(12-14(2)18-13)17-10-6-4-8-15-7-3-5-9-16(15)17/h3,5,7,9,13-14,17-18H,4,6,8,10-12H2,1-2H3. The van der Waals surface area contributed by atoms with Crippen LogP contribution in [0.2, 0.25) is 0 Å². The molecular formula is C17H26N2. The first-order valence-electron chi connectivity index (χ1n) is 7.82. The van der Waals surface area contributed by atoms with E-state index in [1.54, 1.807) is 11.1 Å². The Morgan fingerprint density at radius 3 is 2.58 bits per heavy atom. The molecule has 1 aliphatic heterocycles. The van der Waals surface area contributed by atoms with Crippen molar-refractivity contribution in [3.05, 3.63) is 35.4 Å². The Hall–Kier alpha value is -0.860. The minimum atomic E-state index is 0.610. The lowest BCUT2D eigenvalue weighted by atomic mass is 9.96. The van der Waals surface area contributed by atoms with Gasteiger partial charge in [0.05, 0.1) is 0 Å². The van der Waals surface area contributed by atoms with Crippen molar-refractivity contribution >= 4 is 0 Å². The van der Waals surface area contributed by atoms with Crippen LogP contribution in [-0.4, -0.2) is 30.1 Å². The van der Waals surface area contributed by atoms with E-state index in [0.717, 1.165) is 0 Å². The third kappa shape index (κ3) is 2.85. The van der Waals surface area contributed by atoms with Crippen LogP contribution >= 0.6 is 0 Å². The van der Waals surface area contributed by atoms with Gasteiger partial charge in [-0.25, -0.2) is 0 Å². The van der Waals surface area contributed by atoms with E-state index >= 15 is 0 Å². The van der Waals surface area contributed by atoms with Crippen LogP contribution in [0.4, 0.5) is 0 Å². The smallest absolute Gasteiger partial charge is 0.0352 e. The average molecular weight is 258 g/mol. The molecule has 1 aromatic carbocycles. The van der Waals surface area contributed by atoms with Crippen molar-refractivity contribution in [2.24, 2.45) is 0 Å². The minimum Gasteiger partial charge on any atom is -0.309 e.